The Bertz CT molecular complexity index is 1190. The summed E-state index contributed by atoms with van der Waals surface area (Å²) in [5, 5.41) is 7.81. The van der Waals surface area contributed by atoms with Gasteiger partial charge >= 0.3 is 0 Å². The quantitative estimate of drug-likeness (QED) is 0.189. The predicted octanol–water partition coefficient (Wildman–Crippen LogP) is 3.65. The maximum Gasteiger partial charge on any atom is 0.140 e. The number of hydrazine groups is 2. The standard InChI is InChI=1S/C30H47N9/c1-21-7-9-24(10-8-21)13-14-34-39(27-16-35-37(6)19-27)18-25-11-12-26(15-25)38-20-29(22(2)33-5)28(17-32-4)30(38)36-23(3)31/h7-10,16,20,25-26,32,34-35H,11-15,17-19H2,1-6H3,(H2,31,36). The number of benzene rings is 1. The summed E-state index contributed by atoms with van der Waals surface area (Å²) in [7, 11) is 5.90. The van der Waals surface area contributed by atoms with E-state index in [1.807, 2.05) is 21.0 Å². The van der Waals surface area contributed by atoms with E-state index < -0.39 is 0 Å². The molecule has 4 rings (SSSR count). The van der Waals surface area contributed by atoms with Crippen LogP contribution in [0.4, 0.5) is 5.82 Å². The van der Waals surface area contributed by atoms with Crippen LogP contribution >= 0.6 is 0 Å². The van der Waals surface area contributed by atoms with Gasteiger partial charge in [0.2, 0.25) is 0 Å². The number of hydrogen-bond acceptors (Lipinski definition) is 7. The number of aliphatic imine (C=N–C) groups is 2. The Kier molecular flexibility index (Phi) is 9.83. The monoisotopic (exact) mass is 533 g/mol. The van der Waals surface area contributed by atoms with E-state index in [9.17, 15) is 0 Å². The Morgan fingerprint density at radius 1 is 1.21 bits per heavy atom. The van der Waals surface area contributed by atoms with Crippen LogP contribution in [0.2, 0.25) is 0 Å². The second kappa shape index (κ2) is 13.3. The molecule has 1 aromatic heterocycles. The normalized spacial score (nSPS) is 20.4. The van der Waals surface area contributed by atoms with Gasteiger partial charge in [0.15, 0.2) is 0 Å². The molecule has 39 heavy (non-hydrogen) atoms. The van der Waals surface area contributed by atoms with Crippen LogP contribution in [0.15, 0.2) is 52.3 Å². The minimum absolute atomic E-state index is 0.384. The molecule has 5 N–H and O–H groups in total. The van der Waals surface area contributed by atoms with Gasteiger partial charge in [-0.2, -0.15) is 0 Å². The fourth-order valence-electron chi connectivity index (χ4n) is 5.69. The molecular formula is C30H47N9. The smallest absolute Gasteiger partial charge is 0.140 e. The van der Waals surface area contributed by atoms with Crippen molar-refractivity contribution >= 4 is 17.4 Å². The van der Waals surface area contributed by atoms with Gasteiger partial charge in [0, 0.05) is 69.0 Å². The first-order chi connectivity index (χ1) is 18.8. The van der Waals surface area contributed by atoms with Crippen LogP contribution in [0.3, 0.4) is 0 Å². The number of likely N-dealkylation sites (N-methyl/N-ethyl adjacent to an activating group) is 1. The Morgan fingerprint density at radius 2 is 1.97 bits per heavy atom. The van der Waals surface area contributed by atoms with E-state index in [-0.39, 0.29) is 0 Å². The van der Waals surface area contributed by atoms with E-state index in [4.69, 9.17) is 10.7 Å². The number of amidine groups is 1. The Morgan fingerprint density at radius 3 is 2.62 bits per heavy atom. The van der Waals surface area contributed by atoms with Crippen LogP contribution in [0.5, 0.6) is 0 Å². The number of hydrogen-bond donors (Lipinski definition) is 4. The average molecular weight is 534 g/mol. The second-order valence-electron chi connectivity index (χ2n) is 11.1. The Labute approximate surface area is 234 Å². The van der Waals surface area contributed by atoms with Gasteiger partial charge in [-0.15, -0.1) is 0 Å². The summed E-state index contributed by atoms with van der Waals surface area (Å²) in [6, 6.07) is 9.23. The van der Waals surface area contributed by atoms with Gasteiger partial charge in [-0.05, 0) is 65.0 Å². The molecule has 1 fully saturated rings. The second-order valence-corrected chi connectivity index (χ2v) is 11.1. The third kappa shape index (κ3) is 7.29. The highest BCUT2D eigenvalue weighted by Crippen LogP contribution is 2.40. The predicted molar refractivity (Wildman–Crippen MR) is 162 cm³/mol. The molecule has 2 heterocycles. The molecule has 0 radical (unpaired) electrons. The van der Waals surface area contributed by atoms with Crippen LogP contribution in [0, 0.1) is 12.8 Å². The highest BCUT2D eigenvalue weighted by molar-refractivity contribution is 6.01. The van der Waals surface area contributed by atoms with Crippen LogP contribution < -0.4 is 21.9 Å². The van der Waals surface area contributed by atoms with Crippen molar-refractivity contribution in [3.05, 3.63) is 64.6 Å². The summed E-state index contributed by atoms with van der Waals surface area (Å²) in [5.74, 6) is 2.11. The lowest BCUT2D eigenvalue weighted by molar-refractivity contribution is 0.194. The first kappa shape index (κ1) is 28.9. The number of aromatic nitrogens is 1. The molecule has 1 aliphatic heterocycles. The highest BCUT2D eigenvalue weighted by Gasteiger charge is 2.31. The molecule has 212 valence electrons. The number of nitrogens with two attached hydrogens (primary N) is 1. The van der Waals surface area contributed by atoms with Gasteiger partial charge in [-0.3, -0.25) is 4.99 Å². The summed E-state index contributed by atoms with van der Waals surface area (Å²) in [5.41, 5.74) is 20.5. The summed E-state index contributed by atoms with van der Waals surface area (Å²) in [6.45, 7) is 9.55. The maximum absolute atomic E-state index is 6.10. The number of aryl methyl sites for hydroxylation is 1. The largest absolute Gasteiger partial charge is 0.387 e. The minimum Gasteiger partial charge on any atom is -0.387 e. The van der Waals surface area contributed by atoms with E-state index in [2.05, 4.69) is 93.3 Å². The zero-order chi connectivity index (χ0) is 27.9. The highest BCUT2D eigenvalue weighted by atomic mass is 15.6. The summed E-state index contributed by atoms with van der Waals surface area (Å²) in [6.07, 6.45) is 8.78. The molecular weight excluding hydrogens is 486 g/mol. The third-order valence-corrected chi connectivity index (χ3v) is 7.85. The number of nitrogens with zero attached hydrogens (tertiary/aromatic N) is 5. The van der Waals surface area contributed by atoms with Gasteiger partial charge in [0.25, 0.3) is 0 Å². The van der Waals surface area contributed by atoms with Gasteiger partial charge in [0.1, 0.15) is 5.82 Å². The molecule has 2 unspecified atom stereocenters. The molecule has 9 nitrogen and oxygen atoms in total. The van der Waals surface area contributed by atoms with Crippen molar-refractivity contribution in [1.82, 2.24) is 30.8 Å². The molecule has 1 saturated carbocycles. The number of rotatable bonds is 12. The van der Waals surface area contributed by atoms with Gasteiger partial charge < -0.3 is 26.1 Å². The van der Waals surface area contributed by atoms with E-state index >= 15 is 0 Å². The Balaban J connectivity index is 1.49. The van der Waals surface area contributed by atoms with E-state index in [1.54, 1.807) is 0 Å². The topological polar surface area (TPSA) is 98.2 Å². The molecule has 2 aliphatic rings. The first-order valence-electron chi connectivity index (χ1n) is 14.1. The molecule has 0 bridgehead atoms. The van der Waals surface area contributed by atoms with E-state index in [1.165, 1.54) is 28.8 Å². The fourth-order valence-corrected chi connectivity index (χ4v) is 5.69. The van der Waals surface area contributed by atoms with Crippen molar-refractivity contribution in [2.75, 3.05) is 40.8 Å². The fraction of sp³-hybridized carbons (Fsp3) is 0.533. The van der Waals surface area contributed by atoms with Crippen LogP contribution in [0.1, 0.15) is 61.4 Å². The lowest BCUT2D eigenvalue weighted by Crippen LogP contribution is -2.42. The van der Waals surface area contributed by atoms with E-state index in [0.29, 0.717) is 17.8 Å². The van der Waals surface area contributed by atoms with Crippen molar-refractivity contribution in [1.29, 1.82) is 0 Å². The van der Waals surface area contributed by atoms with Crippen molar-refractivity contribution in [3.8, 4) is 0 Å². The number of nitrogens with one attached hydrogen (secondary N) is 3. The van der Waals surface area contributed by atoms with Crippen molar-refractivity contribution in [2.24, 2.45) is 21.6 Å². The summed E-state index contributed by atoms with van der Waals surface area (Å²) in [4.78, 5) is 9.29. The molecule has 2 atom stereocenters. The first-order valence-corrected chi connectivity index (χ1v) is 14.1. The van der Waals surface area contributed by atoms with Gasteiger partial charge in [-0.1, -0.05) is 29.8 Å². The van der Waals surface area contributed by atoms with Gasteiger partial charge in [0.05, 0.1) is 18.1 Å². The molecule has 0 saturated heterocycles. The third-order valence-electron chi connectivity index (χ3n) is 7.85. The lowest BCUT2D eigenvalue weighted by Gasteiger charge is -2.29. The SMILES string of the molecule is CN=C(C)c1cn(C2CCC(CN(NCCc3ccc(C)cc3)C3=CNN(C)C3)C2)c(N=C(C)N)c1CNC. The summed E-state index contributed by atoms with van der Waals surface area (Å²) < 4.78 is 2.37. The van der Waals surface area contributed by atoms with Crippen molar-refractivity contribution in [3.63, 3.8) is 0 Å². The molecule has 1 aliphatic carbocycles. The zero-order valence-corrected chi connectivity index (χ0v) is 24.6. The van der Waals surface area contributed by atoms with Crippen molar-refractivity contribution in [2.45, 2.75) is 59.0 Å². The van der Waals surface area contributed by atoms with Crippen LogP contribution in [0.25, 0.3) is 0 Å². The molecule has 1 aromatic carbocycles. The van der Waals surface area contributed by atoms with Gasteiger partial charge in [-0.25, -0.2) is 15.4 Å². The van der Waals surface area contributed by atoms with Crippen LogP contribution in [-0.4, -0.2) is 66.9 Å². The molecule has 2 aromatic rings. The minimum atomic E-state index is 0.384. The zero-order valence-electron chi connectivity index (χ0n) is 24.6. The maximum atomic E-state index is 6.10. The van der Waals surface area contributed by atoms with Crippen LogP contribution in [-0.2, 0) is 13.0 Å². The van der Waals surface area contributed by atoms with Crippen molar-refractivity contribution < 1.29 is 0 Å². The average Bonchev–Trinajstić information content (AvgIpc) is 3.64. The van der Waals surface area contributed by atoms with E-state index in [0.717, 1.165) is 62.5 Å². The molecule has 0 amide bonds. The molecule has 9 heteroatoms. The Hall–Kier alpha value is -3.14. The lowest BCUT2D eigenvalue weighted by atomic mass is 10.1. The summed E-state index contributed by atoms with van der Waals surface area (Å²) >= 11 is 0. The molecule has 0 spiro atoms.